The lowest BCUT2D eigenvalue weighted by molar-refractivity contribution is -0.136. The first-order valence-corrected chi connectivity index (χ1v) is 24.0. The Morgan fingerprint density at radius 3 is 2.10 bits per heavy atom. The number of phenolic OH excluding ortho intramolecular Hbond substituents is 2. The number of rotatable bonds is 20. The lowest BCUT2D eigenvalue weighted by atomic mass is 9.83. The zero-order valence-corrected chi connectivity index (χ0v) is 37.9. The van der Waals surface area contributed by atoms with Crippen LogP contribution in [0.25, 0.3) is 11.1 Å². The van der Waals surface area contributed by atoms with Crippen LogP contribution in [0.5, 0.6) is 23.0 Å². The molecule has 16 nitrogen and oxygen atoms in total. The summed E-state index contributed by atoms with van der Waals surface area (Å²) in [7, 11) is -4.70. The van der Waals surface area contributed by atoms with Gasteiger partial charge in [0.1, 0.15) is 46.9 Å². The lowest BCUT2D eigenvalue weighted by Gasteiger charge is -2.32. The molecule has 4 atom stereocenters. The molecule has 0 aromatic heterocycles. The average Bonchev–Trinajstić information content (AvgIpc) is 3.99. The van der Waals surface area contributed by atoms with Crippen LogP contribution in [-0.4, -0.2) is 109 Å². The van der Waals surface area contributed by atoms with Gasteiger partial charge in [0.25, 0.3) is 17.7 Å². The van der Waals surface area contributed by atoms with Gasteiger partial charge in [-0.25, -0.2) is 8.42 Å². The molecule has 4 N–H and O–H groups in total. The summed E-state index contributed by atoms with van der Waals surface area (Å²) in [4.78, 5) is 63.6. The molecule has 0 saturated carbocycles. The molecule has 4 aliphatic rings. The standard InChI is InChI=1S/C49H49F3N4O12S/c50-49(51,52)28-55(69(64,65)39-26-38-42(29-10-16-32(57)17-11-29)43(45(39)68-38)30-12-18-33(58)19-13-30)31-14-20-34(21-15-31)66-25-6-4-2-1-3-5-24-53-41(60)27-67-37-9-7-8-35-44(37)48(63)56(47(35)62)36-22-23-40(59)54-46(36)61/h7-21,36,38-39,45,57-58H,1-6,22-28H2,(H,53,60)(H,54,59,61). The molecule has 20 heteroatoms. The summed E-state index contributed by atoms with van der Waals surface area (Å²) in [5, 5.41) is 23.4. The quantitative estimate of drug-likeness (QED) is 0.0570. The van der Waals surface area contributed by atoms with Crippen LogP contribution >= 0.6 is 0 Å². The van der Waals surface area contributed by atoms with Gasteiger partial charge in [0, 0.05) is 13.0 Å². The number of hydrogen-bond acceptors (Lipinski definition) is 12. The number of imide groups is 2. The minimum atomic E-state index is -4.87. The van der Waals surface area contributed by atoms with Crippen LogP contribution in [0, 0.1) is 0 Å². The predicted octanol–water partition coefficient (Wildman–Crippen LogP) is 6.26. The van der Waals surface area contributed by atoms with E-state index in [1.165, 1.54) is 66.7 Å². The van der Waals surface area contributed by atoms with Crippen molar-refractivity contribution in [2.45, 2.75) is 87.5 Å². The molecule has 364 valence electrons. The van der Waals surface area contributed by atoms with Crippen molar-refractivity contribution in [1.82, 2.24) is 15.5 Å². The molecule has 0 spiro atoms. The summed E-state index contributed by atoms with van der Waals surface area (Å²) in [5.41, 5.74) is 2.14. The number of halogens is 3. The fourth-order valence-electron chi connectivity index (χ4n) is 9.16. The number of piperidine rings is 1. The summed E-state index contributed by atoms with van der Waals surface area (Å²) in [6.45, 7) is -1.47. The third-order valence-electron chi connectivity index (χ3n) is 12.4. The third-order valence-corrected chi connectivity index (χ3v) is 14.6. The molecule has 69 heavy (non-hydrogen) atoms. The molecule has 4 unspecified atom stereocenters. The Kier molecular flexibility index (Phi) is 14.3. The molecule has 4 aromatic rings. The highest BCUT2D eigenvalue weighted by Crippen LogP contribution is 2.51. The highest BCUT2D eigenvalue weighted by Gasteiger charge is 2.55. The SMILES string of the molecule is O=C(COc1cccc2c1C(=O)N(C1CCC(=O)NC1=O)C2=O)NCCCCCCCCOc1ccc(N(CC(F)(F)F)S(=O)(=O)C2CC3OC2C(c2ccc(O)cc2)=C3c2ccc(O)cc2)cc1. The second kappa shape index (κ2) is 20.3. The normalized spacial score (nSPS) is 20.0. The number of benzene rings is 4. The Morgan fingerprint density at radius 2 is 1.45 bits per heavy atom. The molecule has 0 aliphatic carbocycles. The minimum absolute atomic E-state index is 0.00975. The Balaban J connectivity index is 0.771. The van der Waals surface area contributed by atoms with Crippen LogP contribution in [0.15, 0.2) is 91.0 Å². The maximum Gasteiger partial charge on any atom is 0.407 e. The van der Waals surface area contributed by atoms with Gasteiger partial charge in [-0.2, -0.15) is 13.2 Å². The molecule has 2 bridgehead atoms. The highest BCUT2D eigenvalue weighted by molar-refractivity contribution is 7.93. The molecular weight excluding hydrogens is 926 g/mol. The van der Waals surface area contributed by atoms with Crippen molar-refractivity contribution in [1.29, 1.82) is 0 Å². The van der Waals surface area contributed by atoms with Gasteiger partial charge in [0.2, 0.25) is 21.8 Å². The van der Waals surface area contributed by atoms with Crippen LogP contribution in [0.2, 0.25) is 0 Å². The Morgan fingerprint density at radius 1 is 0.812 bits per heavy atom. The van der Waals surface area contributed by atoms with E-state index in [0.29, 0.717) is 58.3 Å². The predicted molar refractivity (Wildman–Crippen MR) is 244 cm³/mol. The van der Waals surface area contributed by atoms with E-state index in [1.54, 1.807) is 24.3 Å². The number of amides is 5. The topological polar surface area (TPSA) is 218 Å². The second-order valence-electron chi connectivity index (χ2n) is 17.1. The van der Waals surface area contributed by atoms with Gasteiger partial charge < -0.3 is 29.7 Å². The summed E-state index contributed by atoms with van der Waals surface area (Å²) in [5.74, 6) is -2.68. The molecule has 8 rings (SSSR count). The number of carbonyl (C=O) groups is 5. The maximum atomic E-state index is 14.3. The van der Waals surface area contributed by atoms with Crippen molar-refractivity contribution in [3.63, 3.8) is 0 Å². The van der Waals surface area contributed by atoms with E-state index in [4.69, 9.17) is 14.2 Å². The first-order valence-electron chi connectivity index (χ1n) is 22.5. The van der Waals surface area contributed by atoms with E-state index >= 15 is 0 Å². The van der Waals surface area contributed by atoms with E-state index in [9.17, 15) is 55.8 Å². The molecule has 4 aliphatic heterocycles. The van der Waals surface area contributed by atoms with Gasteiger partial charge in [-0.3, -0.25) is 38.5 Å². The van der Waals surface area contributed by atoms with Crippen LogP contribution < -0.4 is 24.4 Å². The molecule has 4 aromatic carbocycles. The first-order chi connectivity index (χ1) is 33.0. The number of anilines is 1. The van der Waals surface area contributed by atoms with E-state index in [2.05, 4.69) is 10.6 Å². The number of nitrogens with one attached hydrogen (secondary N) is 2. The summed E-state index contributed by atoms with van der Waals surface area (Å²) < 4.78 is 89.0. The molecule has 2 fully saturated rings. The Bertz CT molecular complexity index is 2750. The number of aromatic hydroxyl groups is 2. The smallest absolute Gasteiger partial charge is 0.407 e. The summed E-state index contributed by atoms with van der Waals surface area (Å²) in [6, 6.07) is 21.0. The van der Waals surface area contributed by atoms with Crippen LogP contribution in [0.4, 0.5) is 18.9 Å². The lowest BCUT2D eigenvalue weighted by Crippen LogP contribution is -2.54. The van der Waals surface area contributed by atoms with Crippen molar-refractivity contribution < 1.29 is 70.0 Å². The number of ether oxygens (including phenoxy) is 3. The monoisotopic (exact) mass is 974 g/mol. The summed E-state index contributed by atoms with van der Waals surface area (Å²) in [6.07, 6.45) is -2.09. The molecule has 2 saturated heterocycles. The van der Waals surface area contributed by atoms with Gasteiger partial charge in [-0.05, 0) is 109 Å². The third kappa shape index (κ3) is 10.7. The highest BCUT2D eigenvalue weighted by atomic mass is 32.2. The molecule has 0 radical (unpaired) electrons. The van der Waals surface area contributed by atoms with Gasteiger partial charge in [-0.15, -0.1) is 0 Å². The van der Waals surface area contributed by atoms with E-state index in [1.807, 2.05) is 0 Å². The zero-order valence-electron chi connectivity index (χ0n) is 37.1. The number of nitrogens with zero attached hydrogens (tertiary/aromatic N) is 2. The maximum absolute atomic E-state index is 14.3. The van der Waals surface area contributed by atoms with Crippen molar-refractivity contribution in [2.75, 3.05) is 30.6 Å². The van der Waals surface area contributed by atoms with Gasteiger partial charge in [0.15, 0.2) is 6.61 Å². The Labute approximate surface area is 395 Å². The van der Waals surface area contributed by atoms with E-state index < -0.39 is 82.4 Å². The second-order valence-corrected chi connectivity index (χ2v) is 19.2. The Hall–Kier alpha value is -6.93. The van der Waals surface area contributed by atoms with Crippen LogP contribution in [-0.2, 0) is 29.1 Å². The van der Waals surface area contributed by atoms with Gasteiger partial charge >= 0.3 is 6.18 Å². The zero-order chi connectivity index (χ0) is 49.0. The molecular formula is C49H49F3N4O12S. The van der Waals surface area contributed by atoms with E-state index in [-0.39, 0.29) is 53.3 Å². The van der Waals surface area contributed by atoms with Crippen molar-refractivity contribution in [3.05, 3.63) is 113 Å². The van der Waals surface area contributed by atoms with Gasteiger partial charge in [-0.1, -0.05) is 56.0 Å². The average molecular weight is 975 g/mol. The van der Waals surface area contributed by atoms with Crippen LogP contribution in [0.1, 0.15) is 89.6 Å². The molecule has 4 heterocycles. The number of fused-ring (bicyclic) bond motifs is 3. The molecule has 5 amide bonds. The van der Waals surface area contributed by atoms with Crippen molar-refractivity contribution in [3.8, 4) is 23.0 Å². The number of hydrogen-bond donors (Lipinski definition) is 4. The number of unbranched alkanes of at least 4 members (excludes halogenated alkanes) is 5. The fourth-order valence-corrected chi connectivity index (χ4v) is 11.2. The van der Waals surface area contributed by atoms with Crippen molar-refractivity contribution >= 4 is 56.4 Å². The number of carbonyl (C=O) groups excluding carboxylic acids is 5. The number of phenols is 2. The first kappa shape index (κ1) is 48.5. The largest absolute Gasteiger partial charge is 0.508 e. The van der Waals surface area contributed by atoms with Crippen molar-refractivity contribution in [2.24, 2.45) is 0 Å². The number of alkyl halides is 3. The van der Waals surface area contributed by atoms with E-state index in [0.717, 1.165) is 30.6 Å². The fraction of sp³-hybridized carbons (Fsp3) is 0.367. The minimum Gasteiger partial charge on any atom is -0.508 e. The van der Waals surface area contributed by atoms with Crippen LogP contribution in [0.3, 0.4) is 0 Å². The number of sulfonamides is 1. The van der Waals surface area contributed by atoms with Gasteiger partial charge in [0.05, 0.1) is 29.5 Å². The summed E-state index contributed by atoms with van der Waals surface area (Å²) >= 11 is 0.